The van der Waals surface area contributed by atoms with Crippen LogP contribution in [0.25, 0.3) is 0 Å². The number of unbranched alkanes of at least 4 members (excludes halogenated alkanes) is 1. The van der Waals surface area contributed by atoms with E-state index in [1.165, 1.54) is 6.07 Å². The van der Waals surface area contributed by atoms with E-state index in [1.807, 2.05) is 6.92 Å². The molecule has 1 unspecified atom stereocenters. The van der Waals surface area contributed by atoms with E-state index in [0.717, 1.165) is 6.42 Å². The van der Waals surface area contributed by atoms with Crippen molar-refractivity contribution in [2.75, 3.05) is 17.2 Å². The smallest absolute Gasteiger partial charge is 0.409 e. The summed E-state index contributed by atoms with van der Waals surface area (Å²) in [5, 5.41) is 46.8. The molecule has 0 aliphatic carbocycles. The summed E-state index contributed by atoms with van der Waals surface area (Å²) < 4.78 is 5.64. The third kappa shape index (κ3) is 5.55. The van der Waals surface area contributed by atoms with Crippen LogP contribution in [0.2, 0.25) is 0 Å². The van der Waals surface area contributed by atoms with Crippen molar-refractivity contribution in [2.24, 2.45) is 0 Å². The third-order valence-corrected chi connectivity index (χ3v) is 4.48. The molecule has 0 saturated carbocycles. The molecule has 156 valence electrons. The summed E-state index contributed by atoms with van der Waals surface area (Å²) in [6.07, 6.45) is -4.40. The molecule has 1 aliphatic heterocycles. The number of carboxylic acid groups (broad SMARTS) is 1. The number of amides is 2. The van der Waals surface area contributed by atoms with Crippen LogP contribution in [0.3, 0.4) is 0 Å². The highest BCUT2D eigenvalue weighted by atomic mass is 16.5. The minimum absolute atomic E-state index is 0.246. The fourth-order valence-corrected chi connectivity index (χ4v) is 2.98. The van der Waals surface area contributed by atoms with Gasteiger partial charge in [0.05, 0.1) is 18.0 Å². The van der Waals surface area contributed by atoms with Gasteiger partial charge in [-0.1, -0.05) is 25.5 Å². The van der Waals surface area contributed by atoms with Crippen molar-refractivity contribution < 1.29 is 34.8 Å². The second-order valence-electron chi connectivity index (χ2n) is 6.58. The average Bonchev–Trinajstić information content (AvgIpc) is 2.66. The molecule has 10 heteroatoms. The number of carbonyl (C=O) groups excluding carboxylic acids is 1. The molecule has 0 bridgehead atoms. The maximum absolute atomic E-state index is 12.2. The molecule has 1 aromatic rings. The fourth-order valence-electron chi connectivity index (χ4n) is 2.98. The Bertz CT molecular complexity index is 672. The Hall–Kier alpha value is -2.40. The molecule has 5 atom stereocenters. The molecule has 1 aromatic carbocycles. The Morgan fingerprint density at radius 3 is 2.43 bits per heavy atom. The highest BCUT2D eigenvalue weighted by Crippen LogP contribution is 2.27. The van der Waals surface area contributed by atoms with Gasteiger partial charge in [-0.3, -0.25) is 10.1 Å². The van der Waals surface area contributed by atoms with Gasteiger partial charge < -0.3 is 35.8 Å². The topological polar surface area (TPSA) is 160 Å². The molecular formula is C18H27N3O7. The monoisotopic (exact) mass is 397 g/mol. The number of para-hydroxylation sites is 2. The summed E-state index contributed by atoms with van der Waals surface area (Å²) in [4.78, 5) is 23.1. The molecular weight excluding hydrogens is 370 g/mol. The minimum Gasteiger partial charge on any atom is -0.465 e. The summed E-state index contributed by atoms with van der Waals surface area (Å²) in [5.74, 6) is -0.312. The van der Waals surface area contributed by atoms with Gasteiger partial charge in [0, 0.05) is 6.42 Å². The van der Waals surface area contributed by atoms with Crippen LogP contribution < -0.4 is 16.0 Å². The maximum atomic E-state index is 12.2. The van der Waals surface area contributed by atoms with E-state index < -0.39 is 43.3 Å². The normalized spacial score (nSPS) is 27.1. The first kappa shape index (κ1) is 21.9. The molecule has 10 nitrogen and oxygen atoms in total. The zero-order valence-corrected chi connectivity index (χ0v) is 15.5. The number of hydrogen-bond donors (Lipinski definition) is 7. The number of rotatable bonds is 8. The molecule has 0 spiro atoms. The molecule has 2 amide bonds. The number of aliphatic hydroxyl groups is 3. The standard InChI is InChI=1S/C18H27N3O7/c1-2-3-8-13(23)21-14-16(25)15(24)12(9-22)28-17(14)19-10-6-4-5-7-11(10)20-18(26)27/h4-7,12,14-17,19-20,22,24-25H,2-3,8-9H2,1H3,(H,21,23)(H,26,27)/t12-,14-,15-,16-,17?/m1/s1. The van der Waals surface area contributed by atoms with E-state index in [9.17, 15) is 24.9 Å². The lowest BCUT2D eigenvalue weighted by molar-refractivity contribution is -0.188. The average molecular weight is 397 g/mol. The minimum atomic E-state index is -1.40. The number of carbonyl (C=O) groups is 2. The van der Waals surface area contributed by atoms with Crippen LogP contribution in [-0.4, -0.2) is 69.6 Å². The molecule has 2 rings (SSSR count). The first-order valence-corrected chi connectivity index (χ1v) is 9.14. The zero-order valence-electron chi connectivity index (χ0n) is 15.5. The molecule has 0 radical (unpaired) electrons. The maximum Gasteiger partial charge on any atom is 0.409 e. The first-order valence-electron chi connectivity index (χ1n) is 9.14. The summed E-state index contributed by atoms with van der Waals surface area (Å²) >= 11 is 0. The SMILES string of the molecule is CCCCC(=O)N[C@H]1C(Nc2ccccc2NC(=O)O)O[C@H](CO)[C@@H](O)[C@@H]1O. The summed E-state index contributed by atoms with van der Waals surface area (Å²) in [6, 6.07) is 5.41. The van der Waals surface area contributed by atoms with E-state index in [2.05, 4.69) is 16.0 Å². The van der Waals surface area contributed by atoms with Crippen molar-refractivity contribution in [3.05, 3.63) is 24.3 Å². The predicted octanol–water partition coefficient (Wildman–Crippen LogP) is 0.302. The third-order valence-electron chi connectivity index (χ3n) is 4.48. The highest BCUT2D eigenvalue weighted by molar-refractivity contribution is 5.88. The molecule has 1 fully saturated rings. The number of anilines is 2. The lowest BCUT2D eigenvalue weighted by Gasteiger charge is -2.43. The van der Waals surface area contributed by atoms with Gasteiger partial charge in [0.15, 0.2) is 6.23 Å². The van der Waals surface area contributed by atoms with E-state index in [0.29, 0.717) is 12.1 Å². The zero-order chi connectivity index (χ0) is 20.7. The Kier molecular flexibility index (Phi) is 8.00. The predicted molar refractivity (Wildman–Crippen MR) is 101 cm³/mol. The molecule has 1 heterocycles. The van der Waals surface area contributed by atoms with Crippen molar-refractivity contribution in [1.82, 2.24) is 5.32 Å². The van der Waals surface area contributed by atoms with Crippen molar-refractivity contribution in [2.45, 2.75) is 56.8 Å². The number of aliphatic hydroxyl groups excluding tert-OH is 3. The Balaban J connectivity index is 2.23. The number of ether oxygens (including phenoxy) is 1. The van der Waals surface area contributed by atoms with Crippen LogP contribution in [0.1, 0.15) is 26.2 Å². The first-order chi connectivity index (χ1) is 13.4. The Labute approximate surface area is 162 Å². The fraction of sp³-hybridized carbons (Fsp3) is 0.556. The summed E-state index contributed by atoms with van der Waals surface area (Å²) in [7, 11) is 0. The Morgan fingerprint density at radius 1 is 1.14 bits per heavy atom. The van der Waals surface area contributed by atoms with E-state index in [-0.39, 0.29) is 18.0 Å². The number of hydrogen-bond acceptors (Lipinski definition) is 7. The van der Waals surface area contributed by atoms with Gasteiger partial charge in [-0.25, -0.2) is 4.79 Å². The largest absolute Gasteiger partial charge is 0.465 e. The van der Waals surface area contributed by atoms with Gasteiger partial charge in [0.1, 0.15) is 24.4 Å². The van der Waals surface area contributed by atoms with Gasteiger partial charge in [-0.05, 0) is 18.6 Å². The lowest BCUT2D eigenvalue weighted by Crippen LogP contribution is -2.66. The van der Waals surface area contributed by atoms with Crippen LogP contribution in [0.5, 0.6) is 0 Å². The molecule has 1 aliphatic rings. The van der Waals surface area contributed by atoms with Gasteiger partial charge in [0.25, 0.3) is 0 Å². The molecule has 1 saturated heterocycles. The van der Waals surface area contributed by atoms with Crippen molar-refractivity contribution >= 4 is 23.4 Å². The molecule has 28 heavy (non-hydrogen) atoms. The van der Waals surface area contributed by atoms with Crippen LogP contribution >= 0.6 is 0 Å². The van der Waals surface area contributed by atoms with E-state index in [4.69, 9.17) is 9.84 Å². The van der Waals surface area contributed by atoms with Gasteiger partial charge in [-0.2, -0.15) is 0 Å². The lowest BCUT2D eigenvalue weighted by atomic mass is 9.95. The summed E-state index contributed by atoms with van der Waals surface area (Å²) in [5.41, 5.74) is 0.596. The van der Waals surface area contributed by atoms with Crippen LogP contribution in [0.4, 0.5) is 16.2 Å². The Morgan fingerprint density at radius 2 is 1.82 bits per heavy atom. The molecule has 0 aromatic heterocycles. The van der Waals surface area contributed by atoms with Gasteiger partial charge in [0.2, 0.25) is 5.91 Å². The van der Waals surface area contributed by atoms with Gasteiger partial charge >= 0.3 is 6.09 Å². The quantitative estimate of drug-likeness (QED) is 0.330. The summed E-state index contributed by atoms with van der Waals surface area (Å²) in [6.45, 7) is 1.40. The number of nitrogens with one attached hydrogen (secondary N) is 3. The van der Waals surface area contributed by atoms with Crippen molar-refractivity contribution in [3.63, 3.8) is 0 Å². The van der Waals surface area contributed by atoms with Crippen LogP contribution in [0, 0.1) is 0 Å². The highest BCUT2D eigenvalue weighted by Gasteiger charge is 2.45. The second-order valence-corrected chi connectivity index (χ2v) is 6.58. The van der Waals surface area contributed by atoms with Crippen molar-refractivity contribution in [3.8, 4) is 0 Å². The second kappa shape index (κ2) is 10.2. The van der Waals surface area contributed by atoms with E-state index in [1.54, 1.807) is 18.2 Å². The van der Waals surface area contributed by atoms with Crippen molar-refractivity contribution in [1.29, 1.82) is 0 Å². The van der Waals surface area contributed by atoms with Crippen LogP contribution in [0.15, 0.2) is 24.3 Å². The number of benzene rings is 1. The van der Waals surface area contributed by atoms with E-state index >= 15 is 0 Å². The van der Waals surface area contributed by atoms with Crippen LogP contribution in [-0.2, 0) is 9.53 Å². The molecule has 7 N–H and O–H groups in total. The van der Waals surface area contributed by atoms with Gasteiger partial charge in [-0.15, -0.1) is 0 Å².